The maximum atomic E-state index is 12.3. The van der Waals surface area contributed by atoms with E-state index in [4.69, 9.17) is 4.74 Å². The van der Waals surface area contributed by atoms with Crippen molar-refractivity contribution in [2.24, 2.45) is 0 Å². The highest BCUT2D eigenvalue weighted by molar-refractivity contribution is 9.10. The number of nitrogens with one attached hydrogen (secondary N) is 1. The first-order chi connectivity index (χ1) is 12.3. The Morgan fingerprint density at radius 2 is 1.81 bits per heavy atom. The number of ether oxygens (including phenoxy) is 1. The van der Waals surface area contributed by atoms with Gasteiger partial charge in [0.25, 0.3) is 0 Å². The monoisotopic (exact) mass is 438 g/mol. The third kappa shape index (κ3) is 5.89. The summed E-state index contributed by atoms with van der Waals surface area (Å²) in [6.07, 6.45) is 2.70. The minimum atomic E-state index is -3.61. The first kappa shape index (κ1) is 20.0. The normalized spacial score (nSPS) is 10.8. The molecule has 0 atom stereocenters. The number of hydrogen-bond donors (Lipinski definition) is 1. The van der Waals surface area contributed by atoms with Gasteiger partial charge in [0.15, 0.2) is 0 Å². The zero-order valence-corrected chi connectivity index (χ0v) is 16.6. The molecule has 1 N–H and O–H groups in total. The van der Waals surface area contributed by atoms with Crippen LogP contribution in [0.3, 0.4) is 0 Å². The molecule has 26 heavy (non-hydrogen) atoms. The molecule has 0 saturated heterocycles. The van der Waals surface area contributed by atoms with Crippen molar-refractivity contribution < 1.29 is 17.9 Å². The Morgan fingerprint density at radius 1 is 1.19 bits per heavy atom. The highest BCUT2D eigenvalue weighted by Gasteiger charge is 2.20. The van der Waals surface area contributed by atoms with Gasteiger partial charge in [0.2, 0.25) is 15.9 Å². The summed E-state index contributed by atoms with van der Waals surface area (Å²) in [4.78, 5) is 12.3. The minimum absolute atomic E-state index is 0.324. The number of rotatable bonds is 8. The molecule has 0 unspecified atom stereocenters. The van der Waals surface area contributed by atoms with Crippen LogP contribution >= 0.6 is 15.9 Å². The maximum absolute atomic E-state index is 12.3. The number of carbonyl (C=O) groups is 1. The Morgan fingerprint density at radius 3 is 2.35 bits per heavy atom. The molecule has 138 valence electrons. The van der Waals surface area contributed by atoms with E-state index in [1.165, 1.54) is 0 Å². The number of nitrogens with zero attached hydrogens (tertiary/aromatic N) is 1. The second-order valence-corrected chi connectivity index (χ2v) is 8.24. The molecule has 2 aromatic rings. The highest BCUT2D eigenvalue weighted by Crippen LogP contribution is 2.21. The van der Waals surface area contributed by atoms with Crippen LogP contribution in [0, 0.1) is 0 Å². The van der Waals surface area contributed by atoms with E-state index in [1.807, 2.05) is 0 Å². The van der Waals surface area contributed by atoms with Crippen LogP contribution in [-0.4, -0.2) is 33.7 Å². The number of sulfonamides is 1. The first-order valence-corrected chi connectivity index (χ1v) is 10.3. The lowest BCUT2D eigenvalue weighted by molar-refractivity contribution is -0.114. The zero-order chi connectivity index (χ0) is 19.2. The SMILES string of the molecule is C=CCOc1ccc(NC(=O)CN(c2ccc(Br)cc2)S(C)(=O)=O)cc1. The fraction of sp³-hybridized carbons (Fsp3) is 0.167. The van der Waals surface area contributed by atoms with Crippen LogP contribution in [0.15, 0.2) is 65.7 Å². The van der Waals surface area contributed by atoms with Gasteiger partial charge in [0.1, 0.15) is 18.9 Å². The Kier molecular flexibility index (Phi) is 6.82. The summed E-state index contributed by atoms with van der Waals surface area (Å²) in [5, 5.41) is 2.68. The van der Waals surface area contributed by atoms with Crippen LogP contribution in [-0.2, 0) is 14.8 Å². The minimum Gasteiger partial charge on any atom is -0.490 e. The Hall–Kier alpha value is -2.32. The molecule has 0 fully saturated rings. The number of hydrogen-bond acceptors (Lipinski definition) is 4. The van der Waals surface area contributed by atoms with Crippen LogP contribution in [0.2, 0.25) is 0 Å². The lowest BCUT2D eigenvalue weighted by Gasteiger charge is -2.22. The van der Waals surface area contributed by atoms with Crippen molar-refractivity contribution in [1.82, 2.24) is 0 Å². The molecular weight excluding hydrogens is 420 g/mol. The van der Waals surface area contributed by atoms with Crippen LogP contribution in [0.1, 0.15) is 0 Å². The zero-order valence-electron chi connectivity index (χ0n) is 14.2. The largest absolute Gasteiger partial charge is 0.490 e. The van der Waals surface area contributed by atoms with E-state index in [-0.39, 0.29) is 6.54 Å². The van der Waals surface area contributed by atoms with Gasteiger partial charge in [-0.15, -0.1) is 0 Å². The quantitative estimate of drug-likeness (QED) is 0.640. The fourth-order valence-corrected chi connectivity index (χ4v) is 3.25. The van der Waals surface area contributed by atoms with Gasteiger partial charge < -0.3 is 10.1 Å². The van der Waals surface area contributed by atoms with Crippen LogP contribution in [0.5, 0.6) is 5.75 Å². The van der Waals surface area contributed by atoms with E-state index in [0.717, 1.165) is 15.0 Å². The molecule has 0 aliphatic carbocycles. The Bertz CT molecular complexity index is 865. The highest BCUT2D eigenvalue weighted by atomic mass is 79.9. The van der Waals surface area contributed by atoms with Gasteiger partial charge in [-0.1, -0.05) is 28.6 Å². The average Bonchev–Trinajstić information content (AvgIpc) is 2.59. The van der Waals surface area contributed by atoms with Gasteiger partial charge in [-0.05, 0) is 48.5 Å². The average molecular weight is 439 g/mol. The van der Waals surface area contributed by atoms with Gasteiger partial charge in [-0.25, -0.2) is 8.42 Å². The van der Waals surface area contributed by atoms with E-state index in [9.17, 15) is 13.2 Å². The summed E-state index contributed by atoms with van der Waals surface area (Å²) >= 11 is 3.30. The molecule has 6 nitrogen and oxygen atoms in total. The number of halogens is 1. The molecule has 0 aromatic heterocycles. The summed E-state index contributed by atoms with van der Waals surface area (Å²) in [6, 6.07) is 13.5. The second kappa shape index (κ2) is 8.86. The van der Waals surface area contributed by atoms with Crippen molar-refractivity contribution in [3.8, 4) is 5.75 Å². The third-order valence-corrected chi connectivity index (χ3v) is 4.98. The van der Waals surface area contributed by atoms with Crippen molar-refractivity contribution in [3.05, 3.63) is 65.7 Å². The Balaban J connectivity index is 2.07. The number of amides is 1. The molecule has 0 aliphatic rings. The molecule has 0 heterocycles. The third-order valence-electron chi connectivity index (χ3n) is 3.31. The van der Waals surface area contributed by atoms with Crippen molar-refractivity contribution >= 4 is 43.2 Å². The van der Waals surface area contributed by atoms with Gasteiger partial charge >= 0.3 is 0 Å². The Labute approximate surface area is 161 Å². The van der Waals surface area contributed by atoms with Gasteiger partial charge in [0.05, 0.1) is 11.9 Å². The molecule has 1 amide bonds. The predicted molar refractivity (Wildman–Crippen MR) is 107 cm³/mol. The number of anilines is 2. The molecular formula is C18H19BrN2O4S. The molecule has 0 aliphatic heterocycles. The van der Waals surface area contributed by atoms with E-state index < -0.39 is 15.9 Å². The first-order valence-electron chi connectivity index (χ1n) is 7.66. The molecule has 0 saturated carbocycles. The smallest absolute Gasteiger partial charge is 0.245 e. The lowest BCUT2D eigenvalue weighted by atomic mass is 10.3. The molecule has 8 heteroatoms. The van der Waals surface area contributed by atoms with Gasteiger partial charge in [0, 0.05) is 10.2 Å². The van der Waals surface area contributed by atoms with Crippen molar-refractivity contribution in [3.63, 3.8) is 0 Å². The van der Waals surface area contributed by atoms with Gasteiger partial charge in [-0.3, -0.25) is 9.10 Å². The molecule has 0 radical (unpaired) electrons. The topological polar surface area (TPSA) is 75.7 Å². The molecule has 2 aromatic carbocycles. The van der Waals surface area contributed by atoms with E-state index in [0.29, 0.717) is 23.7 Å². The van der Waals surface area contributed by atoms with E-state index in [1.54, 1.807) is 54.6 Å². The van der Waals surface area contributed by atoms with Crippen molar-refractivity contribution in [2.75, 3.05) is 29.0 Å². The standard InChI is InChI=1S/C18H19BrN2O4S/c1-3-12-25-17-10-6-15(7-11-17)20-18(22)13-21(26(2,23)24)16-8-4-14(19)5-9-16/h3-11H,1,12-13H2,2H3,(H,20,22). The lowest BCUT2D eigenvalue weighted by Crippen LogP contribution is -2.37. The molecule has 0 bridgehead atoms. The number of benzene rings is 2. The van der Waals surface area contributed by atoms with Crippen molar-refractivity contribution in [2.45, 2.75) is 0 Å². The predicted octanol–water partition coefficient (Wildman–Crippen LogP) is 3.42. The summed E-state index contributed by atoms with van der Waals surface area (Å²) in [5.41, 5.74) is 0.962. The van der Waals surface area contributed by atoms with Crippen molar-refractivity contribution in [1.29, 1.82) is 0 Å². The maximum Gasteiger partial charge on any atom is 0.245 e. The fourth-order valence-electron chi connectivity index (χ4n) is 2.13. The van der Waals surface area contributed by atoms with Crippen LogP contribution in [0.25, 0.3) is 0 Å². The van der Waals surface area contributed by atoms with Crippen LogP contribution in [0.4, 0.5) is 11.4 Å². The molecule has 2 rings (SSSR count). The summed E-state index contributed by atoms with van der Waals surface area (Å²) in [7, 11) is -3.61. The summed E-state index contributed by atoms with van der Waals surface area (Å²) in [5.74, 6) is 0.202. The van der Waals surface area contributed by atoms with E-state index >= 15 is 0 Å². The molecule has 0 spiro atoms. The second-order valence-electron chi connectivity index (χ2n) is 5.42. The summed E-state index contributed by atoms with van der Waals surface area (Å²) in [6.45, 7) is 3.64. The van der Waals surface area contributed by atoms with E-state index in [2.05, 4.69) is 27.8 Å². The number of carbonyl (C=O) groups excluding carboxylic acids is 1. The van der Waals surface area contributed by atoms with Crippen LogP contribution < -0.4 is 14.4 Å². The summed E-state index contributed by atoms with van der Waals surface area (Å²) < 4.78 is 31.4. The van der Waals surface area contributed by atoms with Gasteiger partial charge in [-0.2, -0.15) is 0 Å².